The zero-order valence-corrected chi connectivity index (χ0v) is 18.0. The van der Waals surface area contributed by atoms with E-state index in [0.717, 1.165) is 43.1 Å². The summed E-state index contributed by atoms with van der Waals surface area (Å²) in [5.74, 6) is 0.570. The summed E-state index contributed by atoms with van der Waals surface area (Å²) in [5, 5.41) is 4.23. The second kappa shape index (κ2) is 9.58. The maximum Gasteiger partial charge on any atom is 0.271 e. The summed E-state index contributed by atoms with van der Waals surface area (Å²) in [4.78, 5) is 14.9. The molecule has 5 nitrogen and oxygen atoms in total. The minimum atomic E-state index is -0.216. The molecule has 0 bridgehead atoms. The van der Waals surface area contributed by atoms with Crippen LogP contribution >= 0.6 is 0 Å². The Labute approximate surface area is 183 Å². The Morgan fingerprint density at radius 2 is 1.65 bits per heavy atom. The van der Waals surface area contributed by atoms with Gasteiger partial charge in [-0.25, -0.2) is 5.43 Å². The standard InChI is InChI=1S/C26H27N3O2/c1-19(21-11-13-25(31-2)14-12-21)27-28-26(30)23-9-7-20(8-10-23)17-29-16-15-22-5-3-4-6-24(22)18-29/h3-14H,15-18H2,1-2H3,(H,28,30)/b27-19-. The molecule has 3 aromatic rings. The van der Waals surface area contributed by atoms with Gasteiger partial charge in [0.05, 0.1) is 12.8 Å². The van der Waals surface area contributed by atoms with Gasteiger partial charge in [-0.1, -0.05) is 36.4 Å². The van der Waals surface area contributed by atoms with Gasteiger partial charge in [-0.2, -0.15) is 5.10 Å². The molecular weight excluding hydrogens is 386 g/mol. The number of rotatable bonds is 6. The van der Waals surface area contributed by atoms with Gasteiger partial charge in [0.1, 0.15) is 5.75 Å². The number of nitrogens with zero attached hydrogens (tertiary/aromatic N) is 2. The number of carbonyl (C=O) groups is 1. The molecule has 3 aromatic carbocycles. The predicted octanol–water partition coefficient (Wildman–Crippen LogP) is 4.41. The highest BCUT2D eigenvalue weighted by molar-refractivity contribution is 6.00. The first-order valence-corrected chi connectivity index (χ1v) is 10.5. The van der Waals surface area contributed by atoms with E-state index < -0.39 is 0 Å². The van der Waals surface area contributed by atoms with Crippen molar-refractivity contribution in [2.75, 3.05) is 13.7 Å². The Bertz CT molecular complexity index is 1070. The maximum absolute atomic E-state index is 12.5. The van der Waals surface area contributed by atoms with Gasteiger partial charge in [0.15, 0.2) is 0 Å². The van der Waals surface area contributed by atoms with Crippen molar-refractivity contribution in [3.8, 4) is 5.75 Å². The van der Waals surface area contributed by atoms with Crippen LogP contribution in [0.5, 0.6) is 5.75 Å². The van der Waals surface area contributed by atoms with Gasteiger partial charge in [-0.3, -0.25) is 9.69 Å². The molecule has 1 aliphatic heterocycles. The van der Waals surface area contributed by atoms with Crippen molar-refractivity contribution in [3.05, 3.63) is 101 Å². The molecule has 31 heavy (non-hydrogen) atoms. The minimum absolute atomic E-state index is 0.216. The molecule has 0 fully saturated rings. The van der Waals surface area contributed by atoms with Gasteiger partial charge in [0.2, 0.25) is 0 Å². The molecule has 0 unspecified atom stereocenters. The van der Waals surface area contributed by atoms with E-state index in [2.05, 4.69) is 39.7 Å². The van der Waals surface area contributed by atoms with Gasteiger partial charge in [-0.15, -0.1) is 0 Å². The number of benzene rings is 3. The third-order valence-corrected chi connectivity index (χ3v) is 5.66. The average Bonchev–Trinajstić information content (AvgIpc) is 2.82. The fourth-order valence-corrected chi connectivity index (χ4v) is 3.80. The van der Waals surface area contributed by atoms with Crippen LogP contribution in [-0.2, 0) is 19.5 Å². The number of carbonyl (C=O) groups excluding carboxylic acids is 1. The summed E-state index contributed by atoms with van der Waals surface area (Å²) >= 11 is 0. The molecule has 158 valence electrons. The van der Waals surface area contributed by atoms with Crippen LogP contribution < -0.4 is 10.2 Å². The van der Waals surface area contributed by atoms with Gasteiger partial charge >= 0.3 is 0 Å². The predicted molar refractivity (Wildman–Crippen MR) is 123 cm³/mol. The Hall–Kier alpha value is -3.44. The van der Waals surface area contributed by atoms with Gasteiger partial charge in [-0.05, 0) is 72.0 Å². The monoisotopic (exact) mass is 413 g/mol. The number of nitrogens with one attached hydrogen (secondary N) is 1. The lowest BCUT2D eigenvalue weighted by Gasteiger charge is -2.28. The number of ether oxygens (including phenoxy) is 1. The van der Waals surface area contributed by atoms with E-state index in [9.17, 15) is 4.79 Å². The lowest BCUT2D eigenvalue weighted by molar-refractivity contribution is 0.0955. The summed E-state index contributed by atoms with van der Waals surface area (Å²) in [7, 11) is 1.63. The Balaban J connectivity index is 1.34. The Kier molecular flexibility index (Phi) is 6.43. The third kappa shape index (κ3) is 5.19. The van der Waals surface area contributed by atoms with Gasteiger partial charge in [0.25, 0.3) is 5.91 Å². The fraction of sp³-hybridized carbons (Fsp3) is 0.231. The lowest BCUT2D eigenvalue weighted by atomic mass is 9.99. The summed E-state index contributed by atoms with van der Waals surface area (Å²) in [5.41, 5.74) is 8.98. The van der Waals surface area contributed by atoms with Gasteiger partial charge < -0.3 is 4.74 Å². The molecule has 0 saturated carbocycles. The zero-order valence-electron chi connectivity index (χ0n) is 18.0. The van der Waals surface area contributed by atoms with Crippen molar-refractivity contribution in [1.29, 1.82) is 0 Å². The lowest BCUT2D eigenvalue weighted by Crippen LogP contribution is -2.30. The molecule has 0 aromatic heterocycles. The van der Waals surface area contributed by atoms with Crippen molar-refractivity contribution < 1.29 is 9.53 Å². The zero-order chi connectivity index (χ0) is 21.6. The summed E-state index contributed by atoms with van der Waals surface area (Å²) in [6, 6.07) is 24.0. The van der Waals surface area contributed by atoms with Crippen LogP contribution in [0.3, 0.4) is 0 Å². The van der Waals surface area contributed by atoms with Crippen LogP contribution in [0.1, 0.15) is 39.5 Å². The Morgan fingerprint density at radius 1 is 0.968 bits per heavy atom. The molecule has 0 radical (unpaired) electrons. The molecule has 0 spiro atoms. The first-order chi connectivity index (χ1) is 15.1. The molecule has 4 rings (SSSR count). The highest BCUT2D eigenvalue weighted by Gasteiger charge is 2.16. The number of hydrogen-bond donors (Lipinski definition) is 1. The van der Waals surface area contributed by atoms with Crippen LogP contribution in [0.2, 0.25) is 0 Å². The topological polar surface area (TPSA) is 53.9 Å². The number of fused-ring (bicyclic) bond motifs is 1. The highest BCUT2D eigenvalue weighted by Crippen LogP contribution is 2.20. The molecule has 1 aliphatic rings. The van der Waals surface area contributed by atoms with E-state index in [0.29, 0.717) is 5.56 Å². The minimum Gasteiger partial charge on any atom is -0.497 e. The van der Waals surface area contributed by atoms with E-state index in [-0.39, 0.29) is 5.91 Å². The second-order valence-corrected chi connectivity index (χ2v) is 7.79. The summed E-state index contributed by atoms with van der Waals surface area (Å²) in [6.07, 6.45) is 1.09. The first kappa shape index (κ1) is 20.8. The number of amides is 1. The van der Waals surface area contributed by atoms with Crippen molar-refractivity contribution in [2.45, 2.75) is 26.4 Å². The van der Waals surface area contributed by atoms with Crippen molar-refractivity contribution in [1.82, 2.24) is 10.3 Å². The van der Waals surface area contributed by atoms with E-state index >= 15 is 0 Å². The highest BCUT2D eigenvalue weighted by atomic mass is 16.5. The van der Waals surface area contributed by atoms with E-state index in [1.54, 1.807) is 7.11 Å². The molecule has 1 amide bonds. The molecule has 0 aliphatic carbocycles. The molecule has 5 heteroatoms. The van der Waals surface area contributed by atoms with Crippen molar-refractivity contribution >= 4 is 11.6 Å². The van der Waals surface area contributed by atoms with Crippen LogP contribution in [0.4, 0.5) is 0 Å². The average molecular weight is 414 g/mol. The smallest absolute Gasteiger partial charge is 0.271 e. The molecule has 0 saturated heterocycles. The number of methoxy groups -OCH3 is 1. The summed E-state index contributed by atoms with van der Waals surface area (Å²) in [6.45, 7) is 4.77. The van der Waals surface area contributed by atoms with Crippen molar-refractivity contribution in [2.24, 2.45) is 5.10 Å². The van der Waals surface area contributed by atoms with E-state index in [1.165, 1.54) is 16.7 Å². The summed E-state index contributed by atoms with van der Waals surface area (Å²) < 4.78 is 5.17. The first-order valence-electron chi connectivity index (χ1n) is 10.5. The number of hydrogen-bond acceptors (Lipinski definition) is 4. The maximum atomic E-state index is 12.5. The van der Waals surface area contributed by atoms with Crippen LogP contribution in [0.15, 0.2) is 77.9 Å². The SMILES string of the molecule is COc1ccc(/C(C)=N\NC(=O)c2ccc(CN3CCc4ccccc4C3)cc2)cc1. The van der Waals surface area contributed by atoms with E-state index in [1.807, 2.05) is 55.5 Å². The second-order valence-electron chi connectivity index (χ2n) is 7.79. The Morgan fingerprint density at radius 3 is 2.35 bits per heavy atom. The normalized spacial score (nSPS) is 14.1. The van der Waals surface area contributed by atoms with Crippen molar-refractivity contribution in [3.63, 3.8) is 0 Å². The molecular formula is C26H27N3O2. The molecule has 1 heterocycles. The fourth-order valence-electron chi connectivity index (χ4n) is 3.80. The molecule has 1 N–H and O–H groups in total. The number of hydrazone groups is 1. The molecule has 0 atom stereocenters. The van der Waals surface area contributed by atoms with Crippen LogP contribution in [-0.4, -0.2) is 30.2 Å². The quantitative estimate of drug-likeness (QED) is 0.481. The largest absolute Gasteiger partial charge is 0.497 e. The van der Waals surface area contributed by atoms with E-state index in [4.69, 9.17) is 4.74 Å². The van der Waals surface area contributed by atoms with Crippen LogP contribution in [0, 0.1) is 0 Å². The van der Waals surface area contributed by atoms with Gasteiger partial charge in [0, 0.05) is 25.2 Å². The van der Waals surface area contributed by atoms with Crippen LogP contribution in [0.25, 0.3) is 0 Å². The third-order valence-electron chi connectivity index (χ3n) is 5.66.